The average Bonchev–Trinajstić information content (AvgIpc) is 3.29. The summed E-state index contributed by atoms with van der Waals surface area (Å²) in [5.41, 5.74) is 0.590. The van der Waals surface area contributed by atoms with Crippen molar-refractivity contribution in [3.8, 4) is 11.8 Å². The number of hydrogen-bond acceptors (Lipinski definition) is 8. The third-order valence-electron chi connectivity index (χ3n) is 6.11. The van der Waals surface area contributed by atoms with Crippen LogP contribution in [-0.2, 0) is 0 Å². The smallest absolute Gasteiger partial charge is 0.198 e. The Bertz CT molecular complexity index is 1350. The lowest BCUT2D eigenvalue weighted by atomic mass is 10.0. The highest BCUT2D eigenvalue weighted by atomic mass is 19.1. The van der Waals surface area contributed by atoms with E-state index in [9.17, 15) is 10.1 Å². The molecule has 2 aliphatic heterocycles. The molecule has 0 amide bonds. The molecule has 1 N–H and O–H groups in total. The summed E-state index contributed by atoms with van der Waals surface area (Å²) in [6.07, 6.45) is 7.36. The Balaban J connectivity index is 1.51. The number of nitrogens with one attached hydrogen (secondary N) is 1. The molecule has 0 radical (unpaired) electrons. The van der Waals surface area contributed by atoms with Gasteiger partial charge in [0.1, 0.15) is 17.0 Å². The maximum absolute atomic E-state index is 15.4. The minimum absolute atomic E-state index is 0.0366. The molecule has 0 aliphatic carbocycles. The fraction of sp³-hybridized carbons (Fsp3) is 0.304. The number of hydrogen-bond donors (Lipinski definition) is 1. The molecule has 5 rings (SSSR count). The van der Waals surface area contributed by atoms with Crippen molar-refractivity contribution in [3.05, 3.63) is 59.0 Å². The molecule has 10 heteroatoms. The Morgan fingerprint density at radius 1 is 1.45 bits per heavy atom. The van der Waals surface area contributed by atoms with Gasteiger partial charge in [0.05, 0.1) is 28.8 Å². The lowest BCUT2D eigenvalue weighted by Gasteiger charge is -2.33. The van der Waals surface area contributed by atoms with Gasteiger partial charge in [0, 0.05) is 45.3 Å². The second-order valence-electron chi connectivity index (χ2n) is 8.24. The number of nitrogens with zero attached hydrogens (tertiary/aromatic N) is 6. The van der Waals surface area contributed by atoms with E-state index in [1.807, 2.05) is 11.0 Å². The number of benzene rings is 1. The van der Waals surface area contributed by atoms with E-state index < -0.39 is 11.2 Å². The molecule has 1 unspecified atom stereocenters. The van der Waals surface area contributed by atoms with Gasteiger partial charge < -0.3 is 15.0 Å². The predicted molar refractivity (Wildman–Crippen MR) is 123 cm³/mol. The third kappa shape index (κ3) is 3.51. The van der Waals surface area contributed by atoms with Crippen LogP contribution in [0.2, 0.25) is 0 Å². The summed E-state index contributed by atoms with van der Waals surface area (Å²) in [5, 5.41) is 14.4. The number of pyridine rings is 1. The third-order valence-corrected chi connectivity index (χ3v) is 6.11. The molecule has 9 nitrogen and oxygen atoms in total. The number of halogens is 1. The van der Waals surface area contributed by atoms with Crippen molar-refractivity contribution >= 4 is 28.0 Å². The molecule has 2 aromatic heterocycles. The van der Waals surface area contributed by atoms with Crippen LogP contribution < -0.4 is 25.4 Å². The predicted octanol–water partition coefficient (Wildman–Crippen LogP) is 2.32. The molecule has 1 atom stereocenters. The van der Waals surface area contributed by atoms with E-state index in [0.717, 1.165) is 6.42 Å². The standard InChI is InChI=1S/C23H22FN7O2/c1-14(8-25)17-12-31-20-16(22(17)32)7-18(24)21(23(20)33-13-29(31)2)30-6-3-15(11-30)9-28-19-10-26-4-5-27-19/h4-5,7,10,12,15H,1,3,6,9,11,13H2,2H3,(H,27,28). The van der Waals surface area contributed by atoms with Crippen LogP contribution in [-0.4, -0.2) is 48.1 Å². The first kappa shape index (κ1) is 20.8. The molecule has 168 valence electrons. The second kappa shape index (κ2) is 8.09. The van der Waals surface area contributed by atoms with Gasteiger partial charge in [0.25, 0.3) is 0 Å². The van der Waals surface area contributed by atoms with E-state index in [1.54, 1.807) is 41.5 Å². The van der Waals surface area contributed by atoms with Crippen molar-refractivity contribution < 1.29 is 9.13 Å². The Morgan fingerprint density at radius 2 is 2.30 bits per heavy atom. The van der Waals surface area contributed by atoms with Crippen LogP contribution in [0.4, 0.5) is 15.9 Å². The molecule has 1 fully saturated rings. The maximum Gasteiger partial charge on any atom is 0.198 e. The molecule has 4 heterocycles. The summed E-state index contributed by atoms with van der Waals surface area (Å²) >= 11 is 0. The van der Waals surface area contributed by atoms with Crippen LogP contribution in [0.1, 0.15) is 12.0 Å². The van der Waals surface area contributed by atoms with Gasteiger partial charge in [-0.3, -0.25) is 19.5 Å². The van der Waals surface area contributed by atoms with E-state index in [4.69, 9.17) is 4.74 Å². The summed E-state index contributed by atoms with van der Waals surface area (Å²) in [4.78, 5) is 23.3. The number of ether oxygens (including phenoxy) is 1. The van der Waals surface area contributed by atoms with Crippen LogP contribution in [0.15, 0.2) is 42.2 Å². The lowest BCUT2D eigenvalue weighted by molar-refractivity contribution is 0.278. The van der Waals surface area contributed by atoms with Crippen molar-refractivity contribution in [1.29, 1.82) is 5.26 Å². The molecule has 0 saturated carbocycles. The van der Waals surface area contributed by atoms with Crippen LogP contribution >= 0.6 is 0 Å². The first-order chi connectivity index (χ1) is 16.0. The second-order valence-corrected chi connectivity index (χ2v) is 8.24. The first-order valence-electron chi connectivity index (χ1n) is 10.6. The number of nitriles is 1. The van der Waals surface area contributed by atoms with Gasteiger partial charge in [-0.25, -0.2) is 9.37 Å². The van der Waals surface area contributed by atoms with E-state index in [1.165, 1.54) is 6.07 Å². The van der Waals surface area contributed by atoms with Gasteiger partial charge in [-0.2, -0.15) is 5.26 Å². The zero-order valence-corrected chi connectivity index (χ0v) is 18.1. The number of anilines is 2. The summed E-state index contributed by atoms with van der Waals surface area (Å²) < 4.78 is 23.1. The first-order valence-corrected chi connectivity index (χ1v) is 10.6. The molecule has 1 saturated heterocycles. The summed E-state index contributed by atoms with van der Waals surface area (Å²) in [7, 11) is 1.79. The zero-order valence-electron chi connectivity index (χ0n) is 18.1. The van der Waals surface area contributed by atoms with Crippen molar-refractivity contribution in [2.75, 3.05) is 48.6 Å². The monoisotopic (exact) mass is 447 g/mol. The van der Waals surface area contributed by atoms with Gasteiger partial charge in [-0.15, -0.1) is 0 Å². The highest BCUT2D eigenvalue weighted by molar-refractivity contribution is 5.94. The average molecular weight is 447 g/mol. The normalized spacial score (nSPS) is 17.1. The summed E-state index contributed by atoms with van der Waals surface area (Å²) in [6.45, 7) is 5.82. The highest BCUT2D eigenvalue weighted by Gasteiger charge is 2.32. The van der Waals surface area contributed by atoms with Gasteiger partial charge in [-0.05, 0) is 18.4 Å². The van der Waals surface area contributed by atoms with Crippen LogP contribution in [0.3, 0.4) is 0 Å². The Kier molecular flexibility index (Phi) is 5.09. The molecular formula is C23H22FN7O2. The lowest BCUT2D eigenvalue weighted by Crippen LogP contribution is -2.39. The Hall–Kier alpha value is -4.13. The molecular weight excluding hydrogens is 425 g/mol. The van der Waals surface area contributed by atoms with Crippen LogP contribution in [0.25, 0.3) is 16.5 Å². The molecule has 0 spiro atoms. The van der Waals surface area contributed by atoms with Gasteiger partial charge >= 0.3 is 0 Å². The highest BCUT2D eigenvalue weighted by Crippen LogP contribution is 2.41. The maximum atomic E-state index is 15.4. The van der Waals surface area contributed by atoms with Crippen molar-refractivity contribution in [2.24, 2.45) is 5.92 Å². The topological polar surface area (TPSA) is 99.3 Å². The number of allylic oxidation sites excluding steroid dienone is 1. The van der Waals surface area contributed by atoms with Crippen LogP contribution in [0.5, 0.6) is 5.75 Å². The quantitative estimate of drug-likeness (QED) is 0.595. The van der Waals surface area contributed by atoms with Crippen LogP contribution in [0, 0.1) is 23.1 Å². The molecule has 3 aromatic rings. The largest absolute Gasteiger partial charge is 0.467 e. The van der Waals surface area contributed by atoms with Gasteiger partial charge in [0.15, 0.2) is 23.7 Å². The van der Waals surface area contributed by atoms with E-state index >= 15 is 4.39 Å². The van der Waals surface area contributed by atoms with E-state index in [-0.39, 0.29) is 29.2 Å². The fourth-order valence-corrected chi connectivity index (χ4v) is 4.44. The van der Waals surface area contributed by atoms with Crippen molar-refractivity contribution in [2.45, 2.75) is 6.42 Å². The minimum atomic E-state index is -0.520. The molecule has 1 aromatic carbocycles. The molecule has 33 heavy (non-hydrogen) atoms. The Labute approximate surface area is 189 Å². The van der Waals surface area contributed by atoms with Crippen molar-refractivity contribution in [3.63, 3.8) is 0 Å². The zero-order chi connectivity index (χ0) is 23.1. The molecule has 0 bridgehead atoms. The summed E-state index contributed by atoms with van der Waals surface area (Å²) in [5.74, 6) is 0.807. The SMILES string of the molecule is C=C(C#N)c1cn2c3c(c(N4CCC(CNc5cnccn5)C4)c(F)cc3c1=O)OCN2C. The van der Waals surface area contributed by atoms with E-state index in [2.05, 4.69) is 21.9 Å². The number of aromatic nitrogens is 3. The fourth-order valence-electron chi connectivity index (χ4n) is 4.44. The Morgan fingerprint density at radius 3 is 3.06 bits per heavy atom. The van der Waals surface area contributed by atoms with E-state index in [0.29, 0.717) is 42.4 Å². The van der Waals surface area contributed by atoms with Gasteiger partial charge in [-0.1, -0.05) is 6.58 Å². The number of rotatable bonds is 5. The van der Waals surface area contributed by atoms with Crippen molar-refractivity contribution in [1.82, 2.24) is 14.6 Å². The summed E-state index contributed by atoms with van der Waals surface area (Å²) in [6, 6.07) is 3.16. The molecule has 2 aliphatic rings. The minimum Gasteiger partial charge on any atom is -0.467 e. The van der Waals surface area contributed by atoms with Gasteiger partial charge in [0.2, 0.25) is 0 Å².